The van der Waals surface area contributed by atoms with Gasteiger partial charge < -0.3 is 19.8 Å². The standard InChI is InChI=1S/C19H34N4O2S/c1-4-20-19(21-9-5-6-14-26-3)22-15-17(18-8-7-16(2)25-18)23-10-12-24-13-11-23/h7-8,17H,4-6,9-15H2,1-3H3,(H2,20,21,22). The summed E-state index contributed by atoms with van der Waals surface area (Å²) >= 11 is 1.90. The molecule has 0 aliphatic carbocycles. The van der Waals surface area contributed by atoms with Gasteiger partial charge in [-0.15, -0.1) is 0 Å². The lowest BCUT2D eigenvalue weighted by molar-refractivity contribution is 0.0135. The van der Waals surface area contributed by atoms with Crippen LogP contribution in [-0.2, 0) is 4.74 Å². The average molecular weight is 383 g/mol. The molecule has 1 saturated heterocycles. The molecule has 1 atom stereocenters. The molecule has 2 rings (SSSR count). The molecule has 1 aromatic rings. The van der Waals surface area contributed by atoms with Gasteiger partial charge in [-0.3, -0.25) is 9.89 Å². The number of furan rings is 1. The lowest BCUT2D eigenvalue weighted by atomic mass is 10.1. The van der Waals surface area contributed by atoms with Crippen LogP contribution in [0.1, 0.15) is 37.3 Å². The van der Waals surface area contributed by atoms with Crippen LogP contribution in [0.5, 0.6) is 0 Å². The van der Waals surface area contributed by atoms with E-state index in [0.29, 0.717) is 6.54 Å². The zero-order valence-electron chi connectivity index (χ0n) is 16.4. The highest BCUT2D eigenvalue weighted by Gasteiger charge is 2.25. The van der Waals surface area contributed by atoms with E-state index in [-0.39, 0.29) is 6.04 Å². The lowest BCUT2D eigenvalue weighted by Crippen LogP contribution is -2.42. The first-order valence-corrected chi connectivity index (χ1v) is 11.0. The summed E-state index contributed by atoms with van der Waals surface area (Å²) in [7, 11) is 0. The molecule has 7 heteroatoms. The normalized spacial score (nSPS) is 17.3. The molecule has 6 nitrogen and oxygen atoms in total. The second-order valence-corrected chi connectivity index (χ2v) is 7.44. The van der Waals surface area contributed by atoms with Gasteiger partial charge in [-0.05, 0) is 50.8 Å². The third-order valence-electron chi connectivity index (χ3n) is 4.41. The smallest absolute Gasteiger partial charge is 0.191 e. The Bertz CT molecular complexity index is 529. The van der Waals surface area contributed by atoms with E-state index in [9.17, 15) is 0 Å². The molecule has 0 spiro atoms. The predicted molar refractivity (Wildman–Crippen MR) is 110 cm³/mol. The molecular formula is C19H34N4O2S. The fourth-order valence-corrected chi connectivity index (χ4v) is 3.50. The molecule has 1 aliphatic rings. The Morgan fingerprint density at radius 1 is 1.27 bits per heavy atom. The van der Waals surface area contributed by atoms with Crippen molar-refractivity contribution < 1.29 is 9.15 Å². The van der Waals surface area contributed by atoms with Gasteiger partial charge in [0.25, 0.3) is 0 Å². The van der Waals surface area contributed by atoms with Crippen molar-refractivity contribution in [3.05, 3.63) is 23.7 Å². The van der Waals surface area contributed by atoms with Gasteiger partial charge in [0.15, 0.2) is 5.96 Å². The van der Waals surface area contributed by atoms with Crippen molar-refractivity contribution in [3.63, 3.8) is 0 Å². The molecule has 148 valence electrons. The van der Waals surface area contributed by atoms with Crippen molar-refractivity contribution in [1.82, 2.24) is 15.5 Å². The Balaban J connectivity index is 1.97. The first-order valence-electron chi connectivity index (χ1n) is 9.63. The van der Waals surface area contributed by atoms with Crippen LogP contribution >= 0.6 is 11.8 Å². The van der Waals surface area contributed by atoms with E-state index in [2.05, 4.69) is 34.8 Å². The number of rotatable bonds is 10. The minimum Gasteiger partial charge on any atom is -0.465 e. The number of aliphatic imine (C=N–C) groups is 1. The van der Waals surface area contributed by atoms with Crippen LogP contribution < -0.4 is 10.6 Å². The van der Waals surface area contributed by atoms with Crippen molar-refractivity contribution in [3.8, 4) is 0 Å². The molecule has 0 radical (unpaired) electrons. The van der Waals surface area contributed by atoms with Crippen molar-refractivity contribution in [1.29, 1.82) is 0 Å². The summed E-state index contributed by atoms with van der Waals surface area (Å²) in [6.45, 7) is 9.95. The molecule has 0 aromatic carbocycles. The number of aryl methyl sites for hydroxylation is 1. The summed E-state index contributed by atoms with van der Waals surface area (Å²) in [6.07, 6.45) is 4.55. The predicted octanol–water partition coefficient (Wildman–Crippen LogP) is 2.66. The summed E-state index contributed by atoms with van der Waals surface area (Å²) in [4.78, 5) is 7.25. The zero-order chi connectivity index (χ0) is 18.6. The number of nitrogens with zero attached hydrogens (tertiary/aromatic N) is 2. The maximum Gasteiger partial charge on any atom is 0.191 e. The summed E-state index contributed by atoms with van der Waals surface area (Å²) in [6, 6.07) is 4.26. The highest BCUT2D eigenvalue weighted by molar-refractivity contribution is 7.98. The Kier molecular flexibility index (Phi) is 9.95. The Morgan fingerprint density at radius 3 is 2.73 bits per heavy atom. The van der Waals surface area contributed by atoms with E-state index < -0.39 is 0 Å². The SMILES string of the molecule is CCNC(=NCC(c1ccc(C)o1)N1CCOCC1)NCCCCSC. The second kappa shape index (κ2) is 12.3. The van der Waals surface area contributed by atoms with E-state index in [0.717, 1.165) is 63.3 Å². The van der Waals surface area contributed by atoms with Crippen molar-refractivity contribution in [2.45, 2.75) is 32.7 Å². The van der Waals surface area contributed by atoms with Gasteiger partial charge in [0.1, 0.15) is 11.5 Å². The summed E-state index contributed by atoms with van der Waals surface area (Å²) in [5.74, 6) is 4.04. The number of nitrogens with one attached hydrogen (secondary N) is 2. The Morgan fingerprint density at radius 2 is 2.08 bits per heavy atom. The molecule has 0 amide bonds. The zero-order valence-corrected chi connectivity index (χ0v) is 17.2. The third kappa shape index (κ3) is 7.21. The molecule has 26 heavy (non-hydrogen) atoms. The molecule has 1 unspecified atom stereocenters. The van der Waals surface area contributed by atoms with Gasteiger partial charge in [-0.25, -0.2) is 0 Å². The monoisotopic (exact) mass is 382 g/mol. The number of guanidine groups is 1. The van der Waals surface area contributed by atoms with Crippen LogP contribution in [-0.4, -0.2) is 68.8 Å². The van der Waals surface area contributed by atoms with E-state index in [1.54, 1.807) is 0 Å². The molecular weight excluding hydrogens is 348 g/mol. The first-order chi connectivity index (χ1) is 12.7. The lowest BCUT2D eigenvalue weighted by Gasteiger charge is -2.32. The molecule has 1 fully saturated rings. The largest absolute Gasteiger partial charge is 0.465 e. The van der Waals surface area contributed by atoms with Crippen LogP contribution in [0.15, 0.2) is 21.5 Å². The minimum absolute atomic E-state index is 0.152. The number of hydrogen-bond acceptors (Lipinski definition) is 5. The van der Waals surface area contributed by atoms with Gasteiger partial charge in [-0.1, -0.05) is 0 Å². The molecule has 2 N–H and O–H groups in total. The topological polar surface area (TPSA) is 62.0 Å². The van der Waals surface area contributed by atoms with Crippen molar-refractivity contribution in [2.24, 2.45) is 4.99 Å². The minimum atomic E-state index is 0.152. The summed E-state index contributed by atoms with van der Waals surface area (Å²) in [5, 5.41) is 6.80. The van der Waals surface area contributed by atoms with Gasteiger partial charge in [0.05, 0.1) is 25.8 Å². The average Bonchev–Trinajstić information content (AvgIpc) is 3.08. The molecule has 0 saturated carbocycles. The molecule has 0 bridgehead atoms. The van der Waals surface area contributed by atoms with Gasteiger partial charge >= 0.3 is 0 Å². The van der Waals surface area contributed by atoms with Gasteiger partial charge in [-0.2, -0.15) is 11.8 Å². The van der Waals surface area contributed by atoms with Crippen LogP contribution in [0.2, 0.25) is 0 Å². The highest BCUT2D eigenvalue weighted by atomic mass is 32.2. The summed E-state index contributed by atoms with van der Waals surface area (Å²) < 4.78 is 11.4. The number of morpholine rings is 1. The fourth-order valence-electron chi connectivity index (χ4n) is 3.00. The van der Waals surface area contributed by atoms with E-state index in [1.807, 2.05) is 24.8 Å². The van der Waals surface area contributed by atoms with E-state index >= 15 is 0 Å². The Hall–Kier alpha value is -1.18. The maximum absolute atomic E-state index is 5.92. The second-order valence-electron chi connectivity index (χ2n) is 6.46. The third-order valence-corrected chi connectivity index (χ3v) is 5.11. The van der Waals surface area contributed by atoms with Crippen LogP contribution in [0.25, 0.3) is 0 Å². The number of ether oxygens (including phenoxy) is 1. The quantitative estimate of drug-likeness (QED) is 0.369. The van der Waals surface area contributed by atoms with Crippen LogP contribution in [0.4, 0.5) is 0 Å². The van der Waals surface area contributed by atoms with Crippen molar-refractivity contribution >= 4 is 17.7 Å². The van der Waals surface area contributed by atoms with Gasteiger partial charge in [0.2, 0.25) is 0 Å². The molecule has 1 aromatic heterocycles. The number of hydrogen-bond donors (Lipinski definition) is 2. The Labute approximate surface area is 162 Å². The van der Waals surface area contributed by atoms with Crippen molar-refractivity contribution in [2.75, 3.05) is 57.9 Å². The highest BCUT2D eigenvalue weighted by Crippen LogP contribution is 2.24. The first kappa shape index (κ1) is 21.1. The van der Waals surface area contributed by atoms with Crippen LogP contribution in [0, 0.1) is 6.92 Å². The van der Waals surface area contributed by atoms with E-state index in [1.165, 1.54) is 12.2 Å². The number of unbranched alkanes of at least 4 members (excludes halogenated alkanes) is 1. The van der Waals surface area contributed by atoms with Gasteiger partial charge in [0, 0.05) is 26.2 Å². The number of thioether (sulfide) groups is 1. The molecule has 1 aliphatic heterocycles. The van der Waals surface area contributed by atoms with E-state index in [4.69, 9.17) is 14.1 Å². The fraction of sp³-hybridized carbons (Fsp3) is 0.737. The van der Waals surface area contributed by atoms with Crippen LogP contribution in [0.3, 0.4) is 0 Å². The molecule has 2 heterocycles. The maximum atomic E-state index is 5.92. The summed E-state index contributed by atoms with van der Waals surface area (Å²) in [5.41, 5.74) is 0.